The van der Waals surface area contributed by atoms with Crippen molar-refractivity contribution in [2.45, 2.75) is 13.8 Å². The Hall–Kier alpha value is -2.69. The van der Waals surface area contributed by atoms with Gasteiger partial charge in [-0.25, -0.2) is 4.98 Å². The molecule has 0 spiro atoms. The Labute approximate surface area is 122 Å². The van der Waals surface area contributed by atoms with E-state index in [1.165, 1.54) is 0 Å². The van der Waals surface area contributed by atoms with Gasteiger partial charge < -0.3 is 4.74 Å². The van der Waals surface area contributed by atoms with Gasteiger partial charge in [0.1, 0.15) is 17.1 Å². The van der Waals surface area contributed by atoms with Gasteiger partial charge >= 0.3 is 0 Å². The van der Waals surface area contributed by atoms with E-state index in [2.05, 4.69) is 10.2 Å². The Balaban J connectivity index is 2.27. The van der Waals surface area contributed by atoms with E-state index in [-0.39, 0.29) is 5.82 Å². The number of benzene rings is 1. The molecule has 2 aromatic heterocycles. The molecule has 0 N–H and O–H groups in total. The fourth-order valence-electron chi connectivity index (χ4n) is 2.35. The van der Waals surface area contributed by atoms with Gasteiger partial charge in [0.15, 0.2) is 0 Å². The molecule has 5 nitrogen and oxygen atoms in total. The summed E-state index contributed by atoms with van der Waals surface area (Å²) in [5.41, 5.74) is 3.09. The second kappa shape index (κ2) is 5.36. The molecule has 5 heteroatoms. The summed E-state index contributed by atoms with van der Waals surface area (Å²) in [4.78, 5) is 15.8. The van der Waals surface area contributed by atoms with Gasteiger partial charge in [-0.05, 0) is 48.9 Å². The van der Waals surface area contributed by atoms with Gasteiger partial charge in [0.2, 0.25) is 5.82 Å². The Morgan fingerprint density at radius 1 is 1.29 bits per heavy atom. The molecule has 0 amide bonds. The molecule has 3 rings (SSSR count). The number of pyridine rings is 1. The molecule has 0 bridgehead atoms. The number of rotatable bonds is 4. The van der Waals surface area contributed by atoms with Crippen LogP contribution in [0.2, 0.25) is 0 Å². The van der Waals surface area contributed by atoms with Crippen molar-refractivity contribution in [3.05, 3.63) is 53.1 Å². The summed E-state index contributed by atoms with van der Waals surface area (Å²) >= 11 is 0. The lowest BCUT2D eigenvalue weighted by Gasteiger charge is -2.07. The Morgan fingerprint density at radius 3 is 2.86 bits per heavy atom. The van der Waals surface area contributed by atoms with Crippen LogP contribution in [0.15, 0.2) is 47.8 Å². The molecule has 0 atom stereocenters. The van der Waals surface area contributed by atoms with Gasteiger partial charge in [0, 0.05) is 11.8 Å². The van der Waals surface area contributed by atoms with Crippen molar-refractivity contribution in [3.8, 4) is 17.0 Å². The lowest BCUT2D eigenvalue weighted by atomic mass is 10.1. The largest absolute Gasteiger partial charge is 0.493 e. The summed E-state index contributed by atoms with van der Waals surface area (Å²) in [7, 11) is 0. The summed E-state index contributed by atoms with van der Waals surface area (Å²) in [6.07, 6.45) is 1.81. The highest BCUT2D eigenvalue weighted by Crippen LogP contribution is 2.36. The second-order valence-corrected chi connectivity index (χ2v) is 4.74. The summed E-state index contributed by atoms with van der Waals surface area (Å²) in [5.74, 6) is 0.988. The average molecular weight is 281 g/mol. The van der Waals surface area contributed by atoms with Gasteiger partial charge in [-0.15, -0.1) is 4.91 Å². The standard InChI is InChI=1S/C16H15N3O2/c1-3-21-13-7-5-4-6-12(13)15-16(18-20)19-9-8-11(2)10-14(19)17-15/h4-10H,3H2,1-2H3. The summed E-state index contributed by atoms with van der Waals surface area (Å²) in [6, 6.07) is 11.4. The molecule has 106 valence electrons. The van der Waals surface area contributed by atoms with Crippen molar-refractivity contribution in [1.82, 2.24) is 9.38 Å². The summed E-state index contributed by atoms with van der Waals surface area (Å²) in [6.45, 7) is 4.45. The highest BCUT2D eigenvalue weighted by atomic mass is 16.5. The van der Waals surface area contributed by atoms with Crippen LogP contribution in [0.3, 0.4) is 0 Å². The van der Waals surface area contributed by atoms with Crippen LogP contribution in [0.4, 0.5) is 5.82 Å². The quantitative estimate of drug-likeness (QED) is 0.676. The number of para-hydroxylation sites is 1. The number of hydrogen-bond donors (Lipinski definition) is 0. The predicted octanol–water partition coefficient (Wildman–Crippen LogP) is 4.11. The van der Waals surface area contributed by atoms with Gasteiger partial charge in [0.05, 0.1) is 6.61 Å². The van der Waals surface area contributed by atoms with Gasteiger partial charge in [0.25, 0.3) is 0 Å². The molecule has 0 fully saturated rings. The van der Waals surface area contributed by atoms with Crippen LogP contribution < -0.4 is 4.74 Å². The number of imidazole rings is 1. The highest BCUT2D eigenvalue weighted by molar-refractivity contribution is 5.78. The Morgan fingerprint density at radius 2 is 2.10 bits per heavy atom. The lowest BCUT2D eigenvalue weighted by molar-refractivity contribution is 0.341. The maximum absolute atomic E-state index is 11.3. The topological polar surface area (TPSA) is 56.0 Å². The van der Waals surface area contributed by atoms with Crippen molar-refractivity contribution in [2.24, 2.45) is 5.18 Å². The molecule has 0 saturated carbocycles. The maximum Gasteiger partial charge on any atom is 0.209 e. The first-order valence-electron chi connectivity index (χ1n) is 6.79. The van der Waals surface area contributed by atoms with Crippen LogP contribution in [-0.2, 0) is 0 Å². The second-order valence-electron chi connectivity index (χ2n) is 4.74. The third kappa shape index (κ3) is 2.27. The smallest absolute Gasteiger partial charge is 0.209 e. The zero-order valence-electron chi connectivity index (χ0n) is 11.9. The first-order valence-corrected chi connectivity index (χ1v) is 6.79. The molecule has 1 aromatic carbocycles. The molecule has 2 heterocycles. The van der Waals surface area contributed by atoms with E-state index in [0.717, 1.165) is 11.1 Å². The van der Waals surface area contributed by atoms with E-state index < -0.39 is 0 Å². The number of aromatic nitrogens is 2. The molecule has 0 aliphatic heterocycles. The average Bonchev–Trinajstić information content (AvgIpc) is 2.85. The predicted molar refractivity (Wildman–Crippen MR) is 82.0 cm³/mol. The molecule has 21 heavy (non-hydrogen) atoms. The lowest BCUT2D eigenvalue weighted by Crippen LogP contribution is -1.94. The zero-order chi connectivity index (χ0) is 14.8. The number of hydrogen-bond acceptors (Lipinski definition) is 4. The molecule has 3 aromatic rings. The van der Waals surface area contributed by atoms with E-state index in [1.54, 1.807) is 10.6 Å². The molecular formula is C16H15N3O2. The maximum atomic E-state index is 11.3. The number of nitrogens with zero attached hydrogens (tertiary/aromatic N) is 3. The first-order chi connectivity index (χ1) is 10.2. The van der Waals surface area contributed by atoms with E-state index in [9.17, 15) is 4.91 Å². The zero-order valence-corrected chi connectivity index (χ0v) is 11.9. The third-order valence-electron chi connectivity index (χ3n) is 3.28. The summed E-state index contributed by atoms with van der Waals surface area (Å²) in [5, 5.41) is 3.16. The minimum absolute atomic E-state index is 0.289. The fourth-order valence-corrected chi connectivity index (χ4v) is 2.35. The molecule has 0 aliphatic rings. The summed E-state index contributed by atoms with van der Waals surface area (Å²) < 4.78 is 7.31. The van der Waals surface area contributed by atoms with Crippen LogP contribution in [0, 0.1) is 11.8 Å². The van der Waals surface area contributed by atoms with Crippen LogP contribution in [0.5, 0.6) is 5.75 Å². The van der Waals surface area contributed by atoms with Crippen molar-refractivity contribution >= 4 is 11.5 Å². The third-order valence-corrected chi connectivity index (χ3v) is 3.28. The minimum Gasteiger partial charge on any atom is -0.493 e. The van der Waals surface area contributed by atoms with Crippen molar-refractivity contribution in [2.75, 3.05) is 6.61 Å². The SMILES string of the molecule is CCOc1ccccc1-c1nc2cc(C)ccn2c1N=O. The fraction of sp³-hybridized carbons (Fsp3) is 0.188. The molecule has 0 unspecified atom stereocenters. The van der Waals surface area contributed by atoms with E-state index in [1.807, 2.05) is 50.2 Å². The van der Waals surface area contributed by atoms with Crippen molar-refractivity contribution in [1.29, 1.82) is 0 Å². The minimum atomic E-state index is 0.289. The van der Waals surface area contributed by atoms with Crippen LogP contribution in [0.1, 0.15) is 12.5 Å². The van der Waals surface area contributed by atoms with E-state index in [4.69, 9.17) is 4.74 Å². The molecular weight excluding hydrogens is 266 g/mol. The van der Waals surface area contributed by atoms with Gasteiger partial charge in [-0.2, -0.15) is 0 Å². The number of nitroso groups, excluding NO2 is 1. The first kappa shape index (κ1) is 13.3. The van der Waals surface area contributed by atoms with E-state index in [0.29, 0.717) is 23.7 Å². The van der Waals surface area contributed by atoms with Gasteiger partial charge in [-0.1, -0.05) is 12.1 Å². The number of ether oxygens (including phenoxy) is 1. The molecule has 0 aliphatic carbocycles. The Kier molecular flexibility index (Phi) is 3.39. The number of aryl methyl sites for hydroxylation is 1. The normalized spacial score (nSPS) is 10.8. The molecule has 0 saturated heterocycles. The number of fused-ring (bicyclic) bond motifs is 1. The van der Waals surface area contributed by atoms with Gasteiger partial charge in [-0.3, -0.25) is 4.40 Å². The highest BCUT2D eigenvalue weighted by Gasteiger charge is 2.18. The van der Waals surface area contributed by atoms with Crippen LogP contribution in [-0.4, -0.2) is 16.0 Å². The molecule has 0 radical (unpaired) electrons. The van der Waals surface area contributed by atoms with E-state index >= 15 is 0 Å². The monoisotopic (exact) mass is 281 g/mol. The van der Waals surface area contributed by atoms with Crippen LogP contribution in [0.25, 0.3) is 16.9 Å². The van der Waals surface area contributed by atoms with Crippen LogP contribution >= 0.6 is 0 Å². The Bertz CT molecular complexity index is 808. The van der Waals surface area contributed by atoms with Crippen molar-refractivity contribution in [3.63, 3.8) is 0 Å². The van der Waals surface area contributed by atoms with Crippen molar-refractivity contribution < 1.29 is 4.74 Å².